The van der Waals surface area contributed by atoms with Gasteiger partial charge in [0.15, 0.2) is 5.16 Å². The lowest BCUT2D eigenvalue weighted by Gasteiger charge is -1.96. The first-order chi connectivity index (χ1) is 8.33. The van der Waals surface area contributed by atoms with Gasteiger partial charge in [0.1, 0.15) is 5.75 Å². The van der Waals surface area contributed by atoms with E-state index in [2.05, 4.69) is 16.9 Å². The summed E-state index contributed by atoms with van der Waals surface area (Å²) in [5.74, 6) is 4.30. The zero-order valence-electron chi connectivity index (χ0n) is 10.0. The molecule has 0 spiro atoms. The summed E-state index contributed by atoms with van der Waals surface area (Å²) in [5.41, 5.74) is 2.03. The van der Waals surface area contributed by atoms with Crippen molar-refractivity contribution >= 4 is 34.6 Å². The molecule has 1 heterocycles. The Morgan fingerprint density at radius 1 is 1.35 bits per heavy atom. The molecule has 0 aliphatic heterocycles. The van der Waals surface area contributed by atoms with Crippen LogP contribution in [0.25, 0.3) is 11.0 Å². The number of thioether (sulfide) groups is 2. The van der Waals surface area contributed by atoms with Crippen LogP contribution in [-0.4, -0.2) is 34.3 Å². The summed E-state index contributed by atoms with van der Waals surface area (Å²) < 4.78 is 5.19. The van der Waals surface area contributed by atoms with E-state index in [0.29, 0.717) is 0 Å². The van der Waals surface area contributed by atoms with Gasteiger partial charge in [-0.05, 0) is 17.9 Å². The third-order valence-corrected chi connectivity index (χ3v) is 4.37. The van der Waals surface area contributed by atoms with Gasteiger partial charge in [-0.1, -0.05) is 18.7 Å². The Balaban J connectivity index is 2.04. The van der Waals surface area contributed by atoms with Gasteiger partial charge in [-0.25, -0.2) is 4.98 Å². The van der Waals surface area contributed by atoms with E-state index in [-0.39, 0.29) is 0 Å². The summed E-state index contributed by atoms with van der Waals surface area (Å²) in [6, 6.07) is 5.90. The number of nitrogens with zero attached hydrogens (tertiary/aromatic N) is 1. The van der Waals surface area contributed by atoms with Crippen molar-refractivity contribution in [2.24, 2.45) is 0 Å². The minimum absolute atomic E-state index is 0.860. The van der Waals surface area contributed by atoms with E-state index in [4.69, 9.17) is 4.74 Å². The maximum atomic E-state index is 5.19. The molecule has 0 fully saturated rings. The van der Waals surface area contributed by atoms with Gasteiger partial charge >= 0.3 is 0 Å². The molecule has 1 aromatic carbocycles. The molecule has 2 rings (SSSR count). The van der Waals surface area contributed by atoms with Crippen LogP contribution in [0.2, 0.25) is 0 Å². The van der Waals surface area contributed by atoms with E-state index in [0.717, 1.165) is 27.7 Å². The van der Waals surface area contributed by atoms with Gasteiger partial charge in [0.25, 0.3) is 0 Å². The van der Waals surface area contributed by atoms with Crippen LogP contribution in [0.4, 0.5) is 0 Å². The smallest absolute Gasteiger partial charge is 0.166 e. The van der Waals surface area contributed by atoms with Crippen molar-refractivity contribution in [1.29, 1.82) is 0 Å². The molecule has 1 N–H and O–H groups in total. The standard InChI is InChI=1S/C12H16N2OS2/c1-3-16-6-7-17-12-13-10-5-4-9(15-2)8-11(10)14-12/h4-5,8H,3,6-7H2,1-2H3,(H,13,14). The molecule has 0 atom stereocenters. The Bertz CT molecular complexity index is 484. The third-order valence-electron chi connectivity index (χ3n) is 2.34. The molecule has 3 nitrogen and oxygen atoms in total. The number of benzene rings is 1. The molecule has 0 saturated carbocycles. The predicted octanol–water partition coefficient (Wildman–Crippen LogP) is 3.42. The molecule has 0 amide bonds. The molecule has 0 saturated heterocycles. The highest BCUT2D eigenvalue weighted by molar-refractivity contribution is 8.02. The van der Waals surface area contributed by atoms with E-state index in [1.165, 1.54) is 11.5 Å². The molecule has 17 heavy (non-hydrogen) atoms. The minimum Gasteiger partial charge on any atom is -0.497 e. The maximum Gasteiger partial charge on any atom is 0.166 e. The maximum absolute atomic E-state index is 5.19. The summed E-state index contributed by atoms with van der Waals surface area (Å²) in [6.45, 7) is 2.18. The van der Waals surface area contributed by atoms with Crippen LogP contribution in [0, 0.1) is 0 Å². The molecule has 0 aliphatic rings. The highest BCUT2D eigenvalue weighted by atomic mass is 32.2. The van der Waals surface area contributed by atoms with Gasteiger partial charge in [0.05, 0.1) is 18.1 Å². The second-order valence-corrected chi connectivity index (χ2v) is 5.95. The van der Waals surface area contributed by atoms with Crippen LogP contribution >= 0.6 is 23.5 Å². The number of aromatic amines is 1. The van der Waals surface area contributed by atoms with Crippen LogP contribution in [0.5, 0.6) is 5.75 Å². The minimum atomic E-state index is 0.860. The molecule has 1 aromatic heterocycles. The fraction of sp³-hybridized carbons (Fsp3) is 0.417. The van der Waals surface area contributed by atoms with Gasteiger partial charge in [-0.3, -0.25) is 0 Å². The molecular weight excluding hydrogens is 252 g/mol. The van der Waals surface area contributed by atoms with Gasteiger partial charge < -0.3 is 9.72 Å². The lowest BCUT2D eigenvalue weighted by molar-refractivity contribution is 0.415. The number of ether oxygens (including phenoxy) is 1. The fourth-order valence-corrected chi connectivity index (χ4v) is 3.13. The highest BCUT2D eigenvalue weighted by Gasteiger charge is 2.04. The van der Waals surface area contributed by atoms with Crippen LogP contribution in [0.3, 0.4) is 0 Å². The quantitative estimate of drug-likeness (QED) is 0.643. The molecule has 2 aromatic rings. The van der Waals surface area contributed by atoms with Crippen molar-refractivity contribution in [3.8, 4) is 5.75 Å². The van der Waals surface area contributed by atoms with Gasteiger partial charge in [0, 0.05) is 17.6 Å². The lowest BCUT2D eigenvalue weighted by atomic mass is 10.3. The number of rotatable bonds is 6. The van der Waals surface area contributed by atoms with Crippen molar-refractivity contribution in [3.05, 3.63) is 18.2 Å². The van der Waals surface area contributed by atoms with E-state index in [9.17, 15) is 0 Å². The normalized spacial score (nSPS) is 10.9. The Morgan fingerprint density at radius 2 is 2.24 bits per heavy atom. The second kappa shape index (κ2) is 6.21. The summed E-state index contributed by atoms with van der Waals surface area (Å²) in [5, 5.41) is 0.991. The molecule has 5 heteroatoms. The van der Waals surface area contributed by atoms with Crippen molar-refractivity contribution in [2.45, 2.75) is 12.1 Å². The van der Waals surface area contributed by atoms with Gasteiger partial charge in [-0.15, -0.1) is 0 Å². The molecule has 92 valence electrons. The second-order valence-electron chi connectivity index (χ2n) is 3.47. The van der Waals surface area contributed by atoms with Crippen molar-refractivity contribution in [2.75, 3.05) is 24.4 Å². The van der Waals surface area contributed by atoms with E-state index >= 15 is 0 Å². The number of fused-ring (bicyclic) bond motifs is 1. The number of imidazole rings is 1. The summed E-state index contributed by atoms with van der Waals surface area (Å²) >= 11 is 3.73. The van der Waals surface area contributed by atoms with Gasteiger partial charge in [-0.2, -0.15) is 11.8 Å². The molecule has 0 radical (unpaired) electrons. The number of hydrogen-bond donors (Lipinski definition) is 1. The molecule has 0 aliphatic carbocycles. The summed E-state index contributed by atoms with van der Waals surface area (Å²) in [4.78, 5) is 7.84. The zero-order chi connectivity index (χ0) is 12.1. The van der Waals surface area contributed by atoms with Crippen LogP contribution in [-0.2, 0) is 0 Å². The van der Waals surface area contributed by atoms with Crippen LogP contribution in [0.15, 0.2) is 23.4 Å². The topological polar surface area (TPSA) is 37.9 Å². The average molecular weight is 268 g/mol. The molecular formula is C12H16N2OS2. The zero-order valence-corrected chi connectivity index (χ0v) is 11.7. The fourth-order valence-electron chi connectivity index (χ4n) is 1.50. The van der Waals surface area contributed by atoms with E-state index in [1.807, 2.05) is 30.0 Å². The number of aromatic nitrogens is 2. The highest BCUT2D eigenvalue weighted by Crippen LogP contribution is 2.23. The first-order valence-corrected chi connectivity index (χ1v) is 7.72. The van der Waals surface area contributed by atoms with Crippen molar-refractivity contribution in [3.63, 3.8) is 0 Å². The third kappa shape index (κ3) is 3.33. The Labute approximate surface area is 110 Å². The predicted molar refractivity (Wildman–Crippen MR) is 76.4 cm³/mol. The number of methoxy groups -OCH3 is 1. The number of hydrogen-bond acceptors (Lipinski definition) is 4. The number of nitrogens with one attached hydrogen (secondary N) is 1. The summed E-state index contributed by atoms with van der Waals surface area (Å²) in [7, 11) is 1.68. The Kier molecular flexibility index (Phi) is 4.62. The van der Waals surface area contributed by atoms with E-state index in [1.54, 1.807) is 18.9 Å². The van der Waals surface area contributed by atoms with Gasteiger partial charge in [0.2, 0.25) is 0 Å². The number of H-pyrrole nitrogens is 1. The molecule has 0 unspecified atom stereocenters. The van der Waals surface area contributed by atoms with Crippen molar-refractivity contribution < 1.29 is 4.74 Å². The largest absolute Gasteiger partial charge is 0.497 e. The Morgan fingerprint density at radius 3 is 3.00 bits per heavy atom. The lowest BCUT2D eigenvalue weighted by Crippen LogP contribution is -1.85. The van der Waals surface area contributed by atoms with Crippen molar-refractivity contribution in [1.82, 2.24) is 9.97 Å². The van der Waals surface area contributed by atoms with Crippen LogP contribution < -0.4 is 4.74 Å². The first-order valence-electron chi connectivity index (χ1n) is 5.57. The summed E-state index contributed by atoms with van der Waals surface area (Å²) in [6.07, 6.45) is 0. The molecule has 0 bridgehead atoms. The Hall–Kier alpha value is -0.810. The average Bonchev–Trinajstić information content (AvgIpc) is 2.76. The van der Waals surface area contributed by atoms with Crippen LogP contribution in [0.1, 0.15) is 6.92 Å². The van der Waals surface area contributed by atoms with E-state index < -0.39 is 0 Å². The SMILES string of the molecule is CCSCCSc1nc2ccc(OC)cc2[nH]1. The monoisotopic (exact) mass is 268 g/mol. The first kappa shape index (κ1) is 12.6.